The molecule has 1 heterocycles. The summed E-state index contributed by atoms with van der Waals surface area (Å²) in [5.41, 5.74) is 1.18. The SMILES string of the molecule is CC(C)Oc1ccc(-c2nc(C(=O)NC(C)C(C)C(=O)O)cs2)cc1. The Morgan fingerprint density at radius 2 is 1.80 bits per heavy atom. The van der Waals surface area contributed by atoms with Gasteiger partial charge in [0.05, 0.1) is 12.0 Å². The van der Waals surface area contributed by atoms with Gasteiger partial charge in [0.25, 0.3) is 5.91 Å². The van der Waals surface area contributed by atoms with E-state index in [0.717, 1.165) is 16.3 Å². The summed E-state index contributed by atoms with van der Waals surface area (Å²) in [7, 11) is 0. The molecule has 0 aliphatic carbocycles. The van der Waals surface area contributed by atoms with Crippen LogP contribution >= 0.6 is 11.3 Å². The van der Waals surface area contributed by atoms with Gasteiger partial charge < -0.3 is 15.2 Å². The van der Waals surface area contributed by atoms with E-state index in [-0.39, 0.29) is 17.7 Å². The van der Waals surface area contributed by atoms with Gasteiger partial charge in [-0.15, -0.1) is 11.3 Å². The molecule has 1 aromatic heterocycles. The lowest BCUT2D eigenvalue weighted by atomic mass is 10.0. The molecule has 25 heavy (non-hydrogen) atoms. The van der Waals surface area contributed by atoms with Gasteiger partial charge in [-0.25, -0.2) is 4.98 Å². The Morgan fingerprint density at radius 3 is 2.36 bits per heavy atom. The molecule has 2 unspecified atom stereocenters. The third-order valence-corrected chi connectivity index (χ3v) is 4.60. The summed E-state index contributed by atoms with van der Waals surface area (Å²) in [6.45, 7) is 7.15. The molecule has 2 atom stereocenters. The zero-order chi connectivity index (χ0) is 18.6. The topological polar surface area (TPSA) is 88.5 Å². The number of thiazole rings is 1. The van der Waals surface area contributed by atoms with Crippen LogP contribution in [0.25, 0.3) is 10.6 Å². The minimum Gasteiger partial charge on any atom is -0.491 e. The fourth-order valence-electron chi connectivity index (χ4n) is 2.08. The van der Waals surface area contributed by atoms with Gasteiger partial charge in [0.2, 0.25) is 0 Å². The van der Waals surface area contributed by atoms with Gasteiger partial charge in [0, 0.05) is 17.0 Å². The number of aliphatic carboxylic acids is 1. The number of hydrogen-bond donors (Lipinski definition) is 2. The standard InChI is InChI=1S/C18H22N2O4S/c1-10(2)24-14-7-5-13(6-8-14)17-20-15(9-25-17)16(21)19-12(4)11(3)18(22)23/h5-12H,1-4H3,(H,19,21)(H,22,23). The Bertz CT molecular complexity index is 740. The molecule has 2 N–H and O–H groups in total. The number of hydrogen-bond acceptors (Lipinski definition) is 5. The molecular formula is C18H22N2O4S. The van der Waals surface area contributed by atoms with Crippen molar-refractivity contribution in [1.29, 1.82) is 0 Å². The Balaban J connectivity index is 2.06. The largest absolute Gasteiger partial charge is 0.491 e. The molecule has 0 spiro atoms. The second-order valence-electron chi connectivity index (χ2n) is 6.12. The minimum atomic E-state index is -0.949. The first-order chi connectivity index (χ1) is 11.8. The molecule has 0 bridgehead atoms. The quantitative estimate of drug-likeness (QED) is 0.788. The van der Waals surface area contributed by atoms with Crippen molar-refractivity contribution in [2.75, 3.05) is 0 Å². The first-order valence-corrected chi connectivity index (χ1v) is 8.92. The number of rotatable bonds is 7. The van der Waals surface area contributed by atoms with Gasteiger partial charge in [-0.1, -0.05) is 0 Å². The van der Waals surface area contributed by atoms with Crippen LogP contribution in [-0.4, -0.2) is 34.1 Å². The first kappa shape index (κ1) is 18.9. The van der Waals surface area contributed by atoms with E-state index in [1.54, 1.807) is 19.2 Å². The maximum Gasteiger partial charge on any atom is 0.308 e. The van der Waals surface area contributed by atoms with Crippen molar-refractivity contribution in [3.05, 3.63) is 35.3 Å². The van der Waals surface area contributed by atoms with Crippen LogP contribution < -0.4 is 10.1 Å². The Kier molecular flexibility index (Phi) is 6.14. The number of nitrogens with zero attached hydrogens (tertiary/aromatic N) is 1. The summed E-state index contributed by atoms with van der Waals surface area (Å²) in [6.07, 6.45) is 0.108. The summed E-state index contributed by atoms with van der Waals surface area (Å²) in [5.74, 6) is -1.21. The summed E-state index contributed by atoms with van der Waals surface area (Å²) in [4.78, 5) is 27.5. The van der Waals surface area contributed by atoms with E-state index in [0.29, 0.717) is 0 Å². The fourth-order valence-corrected chi connectivity index (χ4v) is 2.88. The number of carboxylic acid groups (broad SMARTS) is 1. The van der Waals surface area contributed by atoms with Crippen molar-refractivity contribution in [2.45, 2.75) is 39.8 Å². The van der Waals surface area contributed by atoms with Crippen LogP contribution in [0.15, 0.2) is 29.6 Å². The van der Waals surface area contributed by atoms with Gasteiger partial charge in [0.1, 0.15) is 16.5 Å². The molecule has 6 nitrogen and oxygen atoms in total. The molecule has 1 aromatic carbocycles. The van der Waals surface area contributed by atoms with Crippen molar-refractivity contribution in [3.8, 4) is 16.3 Å². The van der Waals surface area contributed by atoms with Crippen LogP contribution in [0, 0.1) is 5.92 Å². The van der Waals surface area contributed by atoms with Crippen LogP contribution in [0.4, 0.5) is 0 Å². The second-order valence-corrected chi connectivity index (χ2v) is 6.98. The van der Waals surface area contributed by atoms with E-state index in [9.17, 15) is 9.59 Å². The van der Waals surface area contributed by atoms with Crippen molar-refractivity contribution in [3.63, 3.8) is 0 Å². The van der Waals surface area contributed by atoms with Gasteiger partial charge in [0.15, 0.2) is 0 Å². The van der Waals surface area contributed by atoms with E-state index < -0.39 is 17.9 Å². The highest BCUT2D eigenvalue weighted by Gasteiger charge is 2.22. The average molecular weight is 362 g/mol. The number of aromatic nitrogens is 1. The number of carbonyl (C=O) groups is 2. The van der Waals surface area contributed by atoms with Gasteiger partial charge >= 0.3 is 5.97 Å². The monoisotopic (exact) mass is 362 g/mol. The average Bonchev–Trinajstić information content (AvgIpc) is 3.04. The van der Waals surface area contributed by atoms with Crippen LogP contribution in [0.5, 0.6) is 5.75 Å². The number of amides is 1. The van der Waals surface area contributed by atoms with Gasteiger partial charge in [-0.05, 0) is 52.0 Å². The molecule has 134 valence electrons. The highest BCUT2D eigenvalue weighted by molar-refractivity contribution is 7.13. The normalized spacial score (nSPS) is 13.3. The Labute approximate surface area is 150 Å². The molecule has 0 aliphatic heterocycles. The Morgan fingerprint density at radius 1 is 1.16 bits per heavy atom. The molecule has 0 saturated carbocycles. The van der Waals surface area contributed by atoms with Crippen LogP contribution in [-0.2, 0) is 4.79 Å². The number of ether oxygens (including phenoxy) is 1. The molecule has 2 aromatic rings. The number of carbonyl (C=O) groups excluding carboxylic acids is 1. The van der Waals surface area contributed by atoms with Gasteiger partial charge in [-0.3, -0.25) is 9.59 Å². The van der Waals surface area contributed by atoms with Crippen LogP contribution in [0.1, 0.15) is 38.2 Å². The highest BCUT2D eigenvalue weighted by atomic mass is 32.1. The third kappa shape index (κ3) is 5.03. The van der Waals surface area contributed by atoms with Gasteiger partial charge in [-0.2, -0.15) is 0 Å². The van der Waals surface area contributed by atoms with E-state index in [1.165, 1.54) is 11.3 Å². The number of benzene rings is 1. The fraction of sp³-hybridized carbons (Fsp3) is 0.389. The van der Waals surface area contributed by atoms with E-state index in [1.807, 2.05) is 38.1 Å². The molecule has 0 fully saturated rings. The van der Waals surface area contributed by atoms with E-state index in [4.69, 9.17) is 9.84 Å². The van der Waals surface area contributed by atoms with Crippen molar-refractivity contribution in [1.82, 2.24) is 10.3 Å². The van der Waals surface area contributed by atoms with Crippen molar-refractivity contribution < 1.29 is 19.4 Å². The Hall–Kier alpha value is -2.41. The molecule has 0 saturated heterocycles. The van der Waals surface area contributed by atoms with E-state index in [2.05, 4.69) is 10.3 Å². The molecule has 2 rings (SSSR count). The molecule has 0 aliphatic rings. The summed E-state index contributed by atoms with van der Waals surface area (Å²) >= 11 is 1.36. The maximum absolute atomic E-state index is 12.2. The lowest BCUT2D eigenvalue weighted by Gasteiger charge is -2.16. The molecular weight excluding hydrogens is 340 g/mol. The summed E-state index contributed by atoms with van der Waals surface area (Å²) in [5, 5.41) is 14.1. The number of carboxylic acids is 1. The molecule has 1 amide bonds. The first-order valence-electron chi connectivity index (χ1n) is 8.04. The molecule has 7 heteroatoms. The maximum atomic E-state index is 12.2. The second kappa shape index (κ2) is 8.11. The summed E-state index contributed by atoms with van der Waals surface area (Å²) in [6, 6.07) is 7.04. The smallest absolute Gasteiger partial charge is 0.308 e. The van der Waals surface area contributed by atoms with E-state index >= 15 is 0 Å². The third-order valence-electron chi connectivity index (χ3n) is 3.71. The highest BCUT2D eigenvalue weighted by Crippen LogP contribution is 2.26. The minimum absolute atomic E-state index is 0.108. The van der Waals surface area contributed by atoms with Crippen LogP contribution in [0.2, 0.25) is 0 Å². The molecule has 0 radical (unpaired) electrons. The lowest BCUT2D eigenvalue weighted by Crippen LogP contribution is -2.40. The zero-order valence-corrected chi connectivity index (χ0v) is 15.5. The lowest BCUT2D eigenvalue weighted by molar-refractivity contribution is -0.141. The van der Waals surface area contributed by atoms with Crippen molar-refractivity contribution >= 4 is 23.2 Å². The van der Waals surface area contributed by atoms with Crippen molar-refractivity contribution in [2.24, 2.45) is 5.92 Å². The predicted molar refractivity (Wildman–Crippen MR) is 97.0 cm³/mol. The van der Waals surface area contributed by atoms with Crippen LogP contribution in [0.3, 0.4) is 0 Å². The zero-order valence-electron chi connectivity index (χ0n) is 14.6. The predicted octanol–water partition coefficient (Wildman–Crippen LogP) is 3.44. The number of nitrogens with one attached hydrogen (secondary N) is 1. The summed E-state index contributed by atoms with van der Waals surface area (Å²) < 4.78 is 5.60.